The minimum Gasteiger partial charge on any atom is -0.493 e. The van der Waals surface area contributed by atoms with Crippen molar-refractivity contribution < 1.29 is 23.7 Å². The van der Waals surface area contributed by atoms with Crippen molar-refractivity contribution >= 4 is 5.97 Å². The van der Waals surface area contributed by atoms with E-state index in [1.165, 1.54) is 26.9 Å². The van der Waals surface area contributed by atoms with Crippen molar-refractivity contribution in [3.05, 3.63) is 47.5 Å². The van der Waals surface area contributed by atoms with Crippen LogP contribution >= 0.6 is 0 Å². The van der Waals surface area contributed by atoms with E-state index < -0.39 is 5.97 Å². The zero-order valence-electron chi connectivity index (χ0n) is 13.7. The fourth-order valence-electron chi connectivity index (χ4n) is 2.22. The van der Waals surface area contributed by atoms with Gasteiger partial charge in [0.05, 0.1) is 21.3 Å². The van der Waals surface area contributed by atoms with E-state index in [2.05, 4.69) is 6.92 Å². The van der Waals surface area contributed by atoms with Gasteiger partial charge in [-0.15, -0.1) is 0 Å². The van der Waals surface area contributed by atoms with Gasteiger partial charge >= 0.3 is 5.97 Å². The third kappa shape index (κ3) is 3.56. The van der Waals surface area contributed by atoms with Gasteiger partial charge in [0.2, 0.25) is 5.75 Å². The topological polar surface area (TPSA) is 54.0 Å². The molecule has 0 amide bonds. The minimum absolute atomic E-state index is 0.268. The normalized spacial score (nSPS) is 10.1. The molecule has 0 aliphatic carbocycles. The Kier molecular flexibility index (Phi) is 5.46. The minimum atomic E-state index is -0.521. The zero-order valence-corrected chi connectivity index (χ0v) is 13.7. The van der Waals surface area contributed by atoms with Crippen LogP contribution in [-0.2, 0) is 6.42 Å². The molecule has 0 N–H and O–H groups in total. The highest BCUT2D eigenvalue weighted by atomic mass is 16.5. The van der Waals surface area contributed by atoms with Gasteiger partial charge in [0, 0.05) is 0 Å². The standard InChI is InChI=1S/C18H20O5/c1-5-12-6-8-13(9-7-12)23-18(19)14-10-11-15(20-2)17(22-4)16(14)21-3/h6-11H,5H2,1-4H3. The number of aryl methyl sites for hydroxylation is 1. The quantitative estimate of drug-likeness (QED) is 0.603. The first-order chi connectivity index (χ1) is 11.1. The molecular formula is C18H20O5. The van der Waals surface area contributed by atoms with E-state index in [-0.39, 0.29) is 11.3 Å². The predicted octanol–water partition coefficient (Wildman–Crippen LogP) is 3.49. The molecule has 0 aliphatic rings. The van der Waals surface area contributed by atoms with Crippen molar-refractivity contribution in [2.75, 3.05) is 21.3 Å². The van der Waals surface area contributed by atoms with Gasteiger partial charge in [-0.2, -0.15) is 0 Å². The second kappa shape index (κ2) is 7.54. The highest BCUT2D eigenvalue weighted by Gasteiger charge is 2.22. The smallest absolute Gasteiger partial charge is 0.347 e. The van der Waals surface area contributed by atoms with E-state index in [4.69, 9.17) is 18.9 Å². The summed E-state index contributed by atoms with van der Waals surface area (Å²) in [5, 5.41) is 0. The Balaban J connectivity index is 2.31. The summed E-state index contributed by atoms with van der Waals surface area (Å²) in [5.74, 6) is 1.07. The molecule has 0 atom stereocenters. The molecule has 0 saturated heterocycles. The molecule has 0 aliphatic heterocycles. The number of rotatable bonds is 6. The largest absolute Gasteiger partial charge is 0.493 e. The summed E-state index contributed by atoms with van der Waals surface area (Å²) in [6.07, 6.45) is 0.928. The van der Waals surface area contributed by atoms with Crippen molar-refractivity contribution in [1.82, 2.24) is 0 Å². The molecule has 5 heteroatoms. The highest BCUT2D eigenvalue weighted by Crippen LogP contribution is 2.40. The number of hydrogen-bond acceptors (Lipinski definition) is 5. The van der Waals surface area contributed by atoms with Crippen LogP contribution in [0.4, 0.5) is 0 Å². The maximum absolute atomic E-state index is 12.4. The molecule has 5 nitrogen and oxygen atoms in total. The lowest BCUT2D eigenvalue weighted by Crippen LogP contribution is -2.11. The first-order valence-electron chi connectivity index (χ1n) is 7.24. The second-order valence-corrected chi connectivity index (χ2v) is 4.77. The Hall–Kier alpha value is -2.69. The summed E-state index contributed by atoms with van der Waals surface area (Å²) < 4.78 is 21.2. The van der Waals surface area contributed by atoms with Crippen molar-refractivity contribution in [3.8, 4) is 23.0 Å². The Morgan fingerprint density at radius 3 is 2.04 bits per heavy atom. The van der Waals surface area contributed by atoms with Gasteiger partial charge in [0.25, 0.3) is 0 Å². The van der Waals surface area contributed by atoms with Gasteiger partial charge in [-0.1, -0.05) is 19.1 Å². The summed E-state index contributed by atoms with van der Waals surface area (Å²) in [6, 6.07) is 10.6. The van der Waals surface area contributed by atoms with E-state index in [9.17, 15) is 4.79 Å². The van der Waals surface area contributed by atoms with E-state index in [0.717, 1.165) is 6.42 Å². The lowest BCUT2D eigenvalue weighted by molar-refractivity contribution is 0.0730. The lowest BCUT2D eigenvalue weighted by Gasteiger charge is -2.15. The molecule has 0 bridgehead atoms. The van der Waals surface area contributed by atoms with Crippen molar-refractivity contribution in [2.24, 2.45) is 0 Å². The molecule has 0 unspecified atom stereocenters. The zero-order chi connectivity index (χ0) is 16.8. The fraction of sp³-hybridized carbons (Fsp3) is 0.278. The third-order valence-electron chi connectivity index (χ3n) is 3.47. The highest BCUT2D eigenvalue weighted by molar-refractivity contribution is 5.95. The number of ether oxygens (including phenoxy) is 4. The second-order valence-electron chi connectivity index (χ2n) is 4.77. The van der Waals surface area contributed by atoms with Crippen LogP contribution in [0.5, 0.6) is 23.0 Å². The monoisotopic (exact) mass is 316 g/mol. The Bertz CT molecular complexity index is 677. The number of carbonyl (C=O) groups is 1. The lowest BCUT2D eigenvalue weighted by atomic mass is 10.1. The van der Waals surface area contributed by atoms with Gasteiger partial charge < -0.3 is 18.9 Å². The summed E-state index contributed by atoms with van der Waals surface area (Å²) in [5.41, 5.74) is 1.44. The molecule has 2 rings (SSSR count). The molecule has 0 aromatic heterocycles. The summed E-state index contributed by atoms with van der Waals surface area (Å²) in [6.45, 7) is 2.06. The molecular weight excluding hydrogens is 296 g/mol. The Labute approximate surface area is 135 Å². The van der Waals surface area contributed by atoms with Crippen LogP contribution in [0, 0.1) is 0 Å². The molecule has 2 aromatic rings. The summed E-state index contributed by atoms with van der Waals surface area (Å²) in [7, 11) is 4.47. The van der Waals surface area contributed by atoms with Crippen LogP contribution in [0.25, 0.3) is 0 Å². The molecule has 0 heterocycles. The van der Waals surface area contributed by atoms with Crippen molar-refractivity contribution in [3.63, 3.8) is 0 Å². The van der Waals surface area contributed by atoms with Gasteiger partial charge in [-0.25, -0.2) is 4.79 Å². The van der Waals surface area contributed by atoms with E-state index in [1.54, 1.807) is 24.3 Å². The average Bonchev–Trinajstić information content (AvgIpc) is 2.60. The molecule has 122 valence electrons. The molecule has 0 fully saturated rings. The van der Waals surface area contributed by atoms with Crippen LogP contribution in [0.2, 0.25) is 0 Å². The Morgan fingerprint density at radius 2 is 1.52 bits per heavy atom. The summed E-state index contributed by atoms with van der Waals surface area (Å²) >= 11 is 0. The number of benzene rings is 2. The SMILES string of the molecule is CCc1ccc(OC(=O)c2ccc(OC)c(OC)c2OC)cc1. The van der Waals surface area contributed by atoms with E-state index in [1.807, 2.05) is 12.1 Å². The van der Waals surface area contributed by atoms with Gasteiger partial charge in [0.15, 0.2) is 11.5 Å². The molecule has 23 heavy (non-hydrogen) atoms. The summed E-state index contributed by atoms with van der Waals surface area (Å²) in [4.78, 5) is 12.4. The Morgan fingerprint density at radius 1 is 0.870 bits per heavy atom. The van der Waals surface area contributed by atoms with E-state index >= 15 is 0 Å². The van der Waals surface area contributed by atoms with Gasteiger partial charge in [-0.05, 0) is 36.2 Å². The molecule has 0 spiro atoms. The van der Waals surface area contributed by atoms with Crippen LogP contribution in [-0.4, -0.2) is 27.3 Å². The predicted molar refractivity (Wildman–Crippen MR) is 86.9 cm³/mol. The van der Waals surface area contributed by atoms with Crippen LogP contribution in [0.1, 0.15) is 22.8 Å². The number of esters is 1. The average molecular weight is 316 g/mol. The number of carbonyl (C=O) groups excluding carboxylic acids is 1. The van der Waals surface area contributed by atoms with Gasteiger partial charge in [-0.3, -0.25) is 0 Å². The van der Waals surface area contributed by atoms with Crippen molar-refractivity contribution in [2.45, 2.75) is 13.3 Å². The molecule has 0 saturated carbocycles. The maximum Gasteiger partial charge on any atom is 0.347 e. The first kappa shape index (κ1) is 16.7. The third-order valence-corrected chi connectivity index (χ3v) is 3.47. The van der Waals surface area contributed by atoms with Crippen LogP contribution < -0.4 is 18.9 Å². The number of hydrogen-bond donors (Lipinski definition) is 0. The first-order valence-corrected chi connectivity index (χ1v) is 7.24. The van der Waals surface area contributed by atoms with E-state index in [0.29, 0.717) is 17.2 Å². The maximum atomic E-state index is 12.4. The fourth-order valence-corrected chi connectivity index (χ4v) is 2.22. The number of methoxy groups -OCH3 is 3. The van der Waals surface area contributed by atoms with Crippen LogP contribution in [0.3, 0.4) is 0 Å². The molecule has 2 aromatic carbocycles. The molecule has 0 radical (unpaired) electrons. The van der Waals surface area contributed by atoms with Crippen LogP contribution in [0.15, 0.2) is 36.4 Å². The van der Waals surface area contributed by atoms with Crippen molar-refractivity contribution in [1.29, 1.82) is 0 Å². The van der Waals surface area contributed by atoms with Gasteiger partial charge in [0.1, 0.15) is 11.3 Å².